The van der Waals surface area contributed by atoms with Gasteiger partial charge in [-0.05, 0) is 36.5 Å². The number of benzene rings is 1. The quantitative estimate of drug-likeness (QED) is 0.854. The van der Waals surface area contributed by atoms with Crippen molar-refractivity contribution in [3.05, 3.63) is 29.3 Å². The van der Waals surface area contributed by atoms with Crippen molar-refractivity contribution in [1.82, 2.24) is 0 Å². The number of nitrogens with two attached hydrogens (primary N) is 1. The van der Waals surface area contributed by atoms with E-state index in [9.17, 15) is 9.90 Å². The van der Waals surface area contributed by atoms with Gasteiger partial charge in [0, 0.05) is 30.6 Å². The third-order valence-electron chi connectivity index (χ3n) is 4.37. The fourth-order valence-corrected chi connectivity index (χ4v) is 2.79. The standard InChI is InChI=1S/C15H20N2O2/c16-8-11-1-3-13-12(7-11)2-4-14(19)17(13)9-15(10-18)5-6-15/h1,3,7,18H,2,4-6,8-10,16H2. The Labute approximate surface area is 113 Å². The first-order chi connectivity index (χ1) is 9.17. The van der Waals surface area contributed by atoms with E-state index < -0.39 is 0 Å². The fourth-order valence-electron chi connectivity index (χ4n) is 2.79. The third kappa shape index (κ3) is 2.26. The number of fused-ring (bicyclic) bond motifs is 1. The van der Waals surface area contributed by atoms with Crippen LogP contribution in [0, 0.1) is 5.41 Å². The number of aliphatic hydroxyl groups excluding tert-OH is 1. The summed E-state index contributed by atoms with van der Waals surface area (Å²) in [6.07, 6.45) is 3.39. The van der Waals surface area contributed by atoms with E-state index in [-0.39, 0.29) is 17.9 Å². The number of rotatable bonds is 4. The molecule has 0 radical (unpaired) electrons. The molecule has 1 heterocycles. The van der Waals surface area contributed by atoms with E-state index in [0.29, 0.717) is 19.5 Å². The lowest BCUT2D eigenvalue weighted by atomic mass is 9.97. The van der Waals surface area contributed by atoms with E-state index in [2.05, 4.69) is 6.07 Å². The molecule has 4 heteroatoms. The Morgan fingerprint density at radius 2 is 2.11 bits per heavy atom. The van der Waals surface area contributed by atoms with Gasteiger partial charge in [0.15, 0.2) is 0 Å². The summed E-state index contributed by atoms with van der Waals surface area (Å²) in [6, 6.07) is 6.10. The van der Waals surface area contributed by atoms with E-state index in [4.69, 9.17) is 5.73 Å². The number of carbonyl (C=O) groups excluding carboxylic acids is 1. The zero-order chi connectivity index (χ0) is 13.5. The Balaban J connectivity index is 1.90. The van der Waals surface area contributed by atoms with Crippen LogP contribution in [0.4, 0.5) is 5.69 Å². The molecule has 1 aromatic rings. The Bertz CT molecular complexity index is 509. The molecule has 102 valence electrons. The normalized spacial score (nSPS) is 20.3. The summed E-state index contributed by atoms with van der Waals surface area (Å²) in [6.45, 7) is 1.35. The summed E-state index contributed by atoms with van der Waals surface area (Å²) in [5, 5.41) is 9.45. The van der Waals surface area contributed by atoms with Crippen LogP contribution in [0.25, 0.3) is 0 Å². The minimum atomic E-state index is -0.0448. The number of amides is 1. The monoisotopic (exact) mass is 260 g/mol. The maximum absolute atomic E-state index is 12.2. The first-order valence-corrected chi connectivity index (χ1v) is 6.90. The topological polar surface area (TPSA) is 66.6 Å². The number of anilines is 1. The van der Waals surface area contributed by atoms with Crippen LogP contribution in [0.15, 0.2) is 18.2 Å². The molecule has 1 aliphatic heterocycles. The van der Waals surface area contributed by atoms with E-state index in [1.54, 1.807) is 0 Å². The van der Waals surface area contributed by atoms with Crippen LogP contribution in [0.2, 0.25) is 0 Å². The predicted molar refractivity (Wildman–Crippen MR) is 73.8 cm³/mol. The summed E-state index contributed by atoms with van der Waals surface area (Å²) < 4.78 is 0. The Morgan fingerprint density at radius 3 is 2.74 bits per heavy atom. The van der Waals surface area contributed by atoms with Gasteiger partial charge in [0.1, 0.15) is 0 Å². The van der Waals surface area contributed by atoms with E-state index in [1.165, 1.54) is 5.56 Å². The zero-order valence-electron chi connectivity index (χ0n) is 11.1. The molecule has 0 unspecified atom stereocenters. The van der Waals surface area contributed by atoms with Crippen molar-refractivity contribution in [3.63, 3.8) is 0 Å². The number of hydrogen-bond acceptors (Lipinski definition) is 3. The average Bonchev–Trinajstić information content (AvgIpc) is 3.22. The second kappa shape index (κ2) is 4.62. The molecule has 1 amide bonds. The van der Waals surface area contributed by atoms with Crippen LogP contribution in [0.1, 0.15) is 30.4 Å². The SMILES string of the molecule is NCc1ccc2c(c1)CCC(=O)N2CC1(CO)CC1. The molecule has 1 aromatic carbocycles. The zero-order valence-corrected chi connectivity index (χ0v) is 11.1. The van der Waals surface area contributed by atoms with E-state index >= 15 is 0 Å². The third-order valence-corrected chi connectivity index (χ3v) is 4.37. The van der Waals surface area contributed by atoms with Gasteiger partial charge < -0.3 is 15.7 Å². The highest BCUT2D eigenvalue weighted by Gasteiger charge is 2.45. The number of aliphatic hydroxyl groups is 1. The van der Waals surface area contributed by atoms with Crippen molar-refractivity contribution >= 4 is 11.6 Å². The summed E-state index contributed by atoms with van der Waals surface area (Å²) in [7, 11) is 0. The Morgan fingerprint density at radius 1 is 1.32 bits per heavy atom. The highest BCUT2D eigenvalue weighted by molar-refractivity contribution is 5.96. The van der Waals surface area contributed by atoms with Crippen LogP contribution in [0.3, 0.4) is 0 Å². The highest BCUT2D eigenvalue weighted by Crippen LogP contribution is 2.47. The van der Waals surface area contributed by atoms with Gasteiger partial charge in [-0.2, -0.15) is 0 Å². The number of aryl methyl sites for hydroxylation is 1. The smallest absolute Gasteiger partial charge is 0.227 e. The first-order valence-electron chi connectivity index (χ1n) is 6.90. The Hall–Kier alpha value is -1.39. The first kappa shape index (κ1) is 12.6. The van der Waals surface area contributed by atoms with Gasteiger partial charge in [-0.1, -0.05) is 12.1 Å². The predicted octanol–water partition coefficient (Wildman–Crippen LogP) is 1.20. The maximum atomic E-state index is 12.2. The molecular weight excluding hydrogens is 240 g/mol. The van der Waals surface area contributed by atoms with Crippen molar-refractivity contribution in [1.29, 1.82) is 0 Å². The molecule has 4 nitrogen and oxygen atoms in total. The molecule has 0 saturated heterocycles. The second-order valence-electron chi connectivity index (χ2n) is 5.81. The van der Waals surface area contributed by atoms with E-state index in [0.717, 1.165) is 30.5 Å². The van der Waals surface area contributed by atoms with Gasteiger partial charge in [-0.3, -0.25) is 4.79 Å². The summed E-state index contributed by atoms with van der Waals surface area (Å²) in [5.74, 6) is 0.174. The van der Waals surface area contributed by atoms with Gasteiger partial charge in [0.05, 0.1) is 6.61 Å². The lowest BCUT2D eigenvalue weighted by Crippen LogP contribution is -2.40. The molecule has 2 aliphatic rings. The van der Waals surface area contributed by atoms with Gasteiger partial charge >= 0.3 is 0 Å². The van der Waals surface area contributed by atoms with Gasteiger partial charge in [-0.15, -0.1) is 0 Å². The molecule has 3 rings (SSSR count). The van der Waals surface area contributed by atoms with Crippen LogP contribution in [-0.2, 0) is 17.8 Å². The molecule has 0 atom stereocenters. The van der Waals surface area contributed by atoms with Crippen LogP contribution < -0.4 is 10.6 Å². The maximum Gasteiger partial charge on any atom is 0.227 e. The van der Waals surface area contributed by atoms with E-state index in [1.807, 2.05) is 17.0 Å². The highest BCUT2D eigenvalue weighted by atomic mass is 16.3. The minimum absolute atomic E-state index is 0.0448. The molecule has 0 aromatic heterocycles. The molecule has 3 N–H and O–H groups in total. The largest absolute Gasteiger partial charge is 0.396 e. The molecule has 19 heavy (non-hydrogen) atoms. The molecule has 0 spiro atoms. The average molecular weight is 260 g/mol. The lowest BCUT2D eigenvalue weighted by molar-refractivity contribution is -0.119. The molecule has 1 saturated carbocycles. The summed E-state index contributed by atoms with van der Waals surface area (Å²) >= 11 is 0. The molecule has 1 aliphatic carbocycles. The minimum Gasteiger partial charge on any atom is -0.396 e. The van der Waals surface area contributed by atoms with Crippen LogP contribution >= 0.6 is 0 Å². The lowest BCUT2D eigenvalue weighted by Gasteiger charge is -2.32. The molecule has 0 bridgehead atoms. The van der Waals surface area contributed by atoms with Crippen molar-refractivity contribution in [2.24, 2.45) is 11.1 Å². The van der Waals surface area contributed by atoms with Crippen molar-refractivity contribution < 1.29 is 9.90 Å². The second-order valence-corrected chi connectivity index (χ2v) is 5.81. The molecular formula is C15H20N2O2. The van der Waals surface area contributed by atoms with Gasteiger partial charge in [0.2, 0.25) is 5.91 Å². The Kier molecular flexibility index (Phi) is 3.07. The molecule has 1 fully saturated rings. The van der Waals surface area contributed by atoms with Crippen molar-refractivity contribution in [2.45, 2.75) is 32.2 Å². The van der Waals surface area contributed by atoms with Crippen LogP contribution in [0.5, 0.6) is 0 Å². The van der Waals surface area contributed by atoms with Gasteiger partial charge in [0.25, 0.3) is 0 Å². The van der Waals surface area contributed by atoms with Crippen molar-refractivity contribution in [3.8, 4) is 0 Å². The van der Waals surface area contributed by atoms with Crippen LogP contribution in [-0.4, -0.2) is 24.2 Å². The number of carbonyl (C=O) groups is 1. The fraction of sp³-hybridized carbons (Fsp3) is 0.533. The van der Waals surface area contributed by atoms with Crippen molar-refractivity contribution in [2.75, 3.05) is 18.1 Å². The van der Waals surface area contributed by atoms with Gasteiger partial charge in [-0.25, -0.2) is 0 Å². The summed E-state index contributed by atoms with van der Waals surface area (Å²) in [4.78, 5) is 14.0. The number of nitrogens with zero attached hydrogens (tertiary/aromatic N) is 1. The summed E-state index contributed by atoms with van der Waals surface area (Å²) in [5.41, 5.74) is 8.94. The number of hydrogen-bond donors (Lipinski definition) is 2.